The zero-order valence-corrected chi connectivity index (χ0v) is 13.3. The number of likely N-dealkylation sites (tertiary alicyclic amines) is 1. The molecule has 2 fully saturated rings. The molecule has 0 aromatic rings. The van der Waals surface area contributed by atoms with Gasteiger partial charge in [-0.3, -0.25) is 9.79 Å². The van der Waals surface area contributed by atoms with Crippen molar-refractivity contribution in [3.05, 3.63) is 0 Å². The zero-order valence-electron chi connectivity index (χ0n) is 13.3. The lowest BCUT2D eigenvalue weighted by Crippen LogP contribution is -2.41. The van der Waals surface area contributed by atoms with Gasteiger partial charge < -0.3 is 19.7 Å². The molecule has 2 aliphatic rings. The van der Waals surface area contributed by atoms with Crippen molar-refractivity contribution in [1.82, 2.24) is 10.2 Å². The average molecular weight is 297 g/mol. The Labute approximate surface area is 126 Å². The summed E-state index contributed by atoms with van der Waals surface area (Å²) in [5, 5.41) is 3.31. The fraction of sp³-hybridized carbons (Fsp3) is 0.867. The van der Waals surface area contributed by atoms with Crippen molar-refractivity contribution in [2.24, 2.45) is 16.8 Å². The van der Waals surface area contributed by atoms with E-state index in [1.807, 2.05) is 0 Å². The largest absolute Gasteiger partial charge is 0.469 e. The van der Waals surface area contributed by atoms with Gasteiger partial charge in [0.25, 0.3) is 0 Å². The third-order valence-electron chi connectivity index (χ3n) is 4.22. The predicted octanol–water partition coefficient (Wildman–Crippen LogP) is 0.872. The van der Waals surface area contributed by atoms with Crippen LogP contribution in [0.4, 0.5) is 0 Å². The number of hydrogen-bond acceptors (Lipinski definition) is 4. The Balaban J connectivity index is 1.97. The van der Waals surface area contributed by atoms with Crippen LogP contribution in [0.2, 0.25) is 0 Å². The quantitative estimate of drug-likeness (QED) is 0.474. The van der Waals surface area contributed by atoms with Crippen molar-refractivity contribution in [3.8, 4) is 0 Å². The van der Waals surface area contributed by atoms with E-state index in [9.17, 15) is 4.79 Å². The van der Waals surface area contributed by atoms with Gasteiger partial charge in [0.1, 0.15) is 0 Å². The normalized spacial score (nSPS) is 29.8. The van der Waals surface area contributed by atoms with Crippen molar-refractivity contribution < 1.29 is 14.3 Å². The maximum Gasteiger partial charge on any atom is 0.310 e. The van der Waals surface area contributed by atoms with E-state index in [4.69, 9.17) is 9.47 Å². The molecule has 0 aromatic carbocycles. The molecule has 3 unspecified atom stereocenters. The standard InChI is InChI=1S/C15H27N3O3/c1-4-16-15(17-8-12-6-5-7-21-12)18-9-11(2)13(10-18)14(19)20-3/h11-13H,4-10H2,1-3H3,(H,16,17). The molecule has 6 heteroatoms. The Hall–Kier alpha value is -1.30. The highest BCUT2D eigenvalue weighted by atomic mass is 16.5. The molecule has 2 rings (SSSR count). The van der Waals surface area contributed by atoms with Crippen molar-refractivity contribution >= 4 is 11.9 Å². The van der Waals surface area contributed by atoms with E-state index in [-0.39, 0.29) is 23.9 Å². The SMILES string of the molecule is CCNC(=NCC1CCCO1)N1CC(C)C(C(=O)OC)C1. The molecule has 120 valence electrons. The van der Waals surface area contributed by atoms with E-state index < -0.39 is 0 Å². The second-order valence-corrected chi connectivity index (χ2v) is 5.84. The molecule has 2 saturated heterocycles. The molecule has 0 bridgehead atoms. The van der Waals surface area contributed by atoms with E-state index in [1.54, 1.807) is 0 Å². The predicted molar refractivity (Wildman–Crippen MR) is 81.2 cm³/mol. The van der Waals surface area contributed by atoms with Gasteiger partial charge in [-0.15, -0.1) is 0 Å². The van der Waals surface area contributed by atoms with Gasteiger partial charge in [0.05, 0.1) is 25.7 Å². The second-order valence-electron chi connectivity index (χ2n) is 5.84. The number of carbonyl (C=O) groups is 1. The molecule has 0 radical (unpaired) electrons. The molecule has 0 spiro atoms. The van der Waals surface area contributed by atoms with E-state index in [2.05, 4.69) is 29.1 Å². The number of hydrogen-bond donors (Lipinski definition) is 1. The Morgan fingerprint density at radius 3 is 2.90 bits per heavy atom. The van der Waals surface area contributed by atoms with Crippen molar-refractivity contribution in [2.45, 2.75) is 32.8 Å². The van der Waals surface area contributed by atoms with Crippen LogP contribution in [-0.2, 0) is 14.3 Å². The zero-order chi connectivity index (χ0) is 15.2. The molecule has 0 amide bonds. The summed E-state index contributed by atoms with van der Waals surface area (Å²) in [5.74, 6) is 0.969. The summed E-state index contributed by atoms with van der Waals surface area (Å²) in [6.45, 7) is 8.00. The molecule has 0 aromatic heterocycles. The summed E-state index contributed by atoms with van der Waals surface area (Å²) in [4.78, 5) is 18.6. The van der Waals surface area contributed by atoms with Crippen LogP contribution in [0.5, 0.6) is 0 Å². The molecule has 0 aliphatic carbocycles. The van der Waals surface area contributed by atoms with Gasteiger partial charge in [-0.05, 0) is 25.7 Å². The first kappa shape index (κ1) is 16.1. The number of nitrogens with one attached hydrogen (secondary N) is 1. The van der Waals surface area contributed by atoms with E-state index in [1.165, 1.54) is 7.11 Å². The van der Waals surface area contributed by atoms with Gasteiger partial charge in [-0.1, -0.05) is 6.92 Å². The molecule has 2 aliphatic heterocycles. The highest BCUT2D eigenvalue weighted by Crippen LogP contribution is 2.24. The van der Waals surface area contributed by atoms with Crippen LogP contribution in [0.25, 0.3) is 0 Å². The first-order chi connectivity index (χ1) is 10.2. The van der Waals surface area contributed by atoms with Crippen LogP contribution in [0.15, 0.2) is 4.99 Å². The monoisotopic (exact) mass is 297 g/mol. The van der Waals surface area contributed by atoms with Gasteiger partial charge in [-0.2, -0.15) is 0 Å². The maximum atomic E-state index is 11.8. The summed E-state index contributed by atoms with van der Waals surface area (Å²) in [6, 6.07) is 0. The first-order valence-corrected chi connectivity index (χ1v) is 7.88. The third-order valence-corrected chi connectivity index (χ3v) is 4.22. The molecular formula is C15H27N3O3. The highest BCUT2D eigenvalue weighted by molar-refractivity contribution is 5.82. The number of guanidine groups is 1. The van der Waals surface area contributed by atoms with Crippen molar-refractivity contribution in [2.75, 3.05) is 39.9 Å². The number of nitrogens with zero attached hydrogens (tertiary/aromatic N) is 2. The van der Waals surface area contributed by atoms with Crippen molar-refractivity contribution in [1.29, 1.82) is 0 Å². The summed E-state index contributed by atoms with van der Waals surface area (Å²) in [7, 11) is 1.45. The summed E-state index contributed by atoms with van der Waals surface area (Å²) in [5.41, 5.74) is 0. The number of rotatable bonds is 4. The molecule has 21 heavy (non-hydrogen) atoms. The number of aliphatic imine (C=N–C) groups is 1. The van der Waals surface area contributed by atoms with Gasteiger partial charge in [0, 0.05) is 26.2 Å². The minimum Gasteiger partial charge on any atom is -0.469 e. The summed E-state index contributed by atoms with van der Waals surface area (Å²) in [6.07, 6.45) is 2.46. The molecular weight excluding hydrogens is 270 g/mol. The number of ether oxygens (including phenoxy) is 2. The molecule has 2 heterocycles. The lowest BCUT2D eigenvalue weighted by atomic mass is 9.99. The fourth-order valence-corrected chi connectivity index (χ4v) is 3.00. The van der Waals surface area contributed by atoms with E-state index in [0.717, 1.165) is 38.5 Å². The molecule has 1 N–H and O–H groups in total. The molecule has 3 atom stereocenters. The van der Waals surface area contributed by atoms with Crippen LogP contribution in [0, 0.1) is 11.8 Å². The molecule has 6 nitrogen and oxygen atoms in total. The van der Waals surface area contributed by atoms with Gasteiger partial charge in [0.15, 0.2) is 5.96 Å². The number of methoxy groups -OCH3 is 1. The smallest absolute Gasteiger partial charge is 0.310 e. The Morgan fingerprint density at radius 2 is 2.29 bits per heavy atom. The number of carbonyl (C=O) groups excluding carboxylic acids is 1. The van der Waals surface area contributed by atoms with Gasteiger partial charge in [-0.25, -0.2) is 0 Å². The van der Waals surface area contributed by atoms with Crippen LogP contribution < -0.4 is 5.32 Å². The summed E-state index contributed by atoms with van der Waals surface area (Å²) < 4.78 is 10.5. The first-order valence-electron chi connectivity index (χ1n) is 7.88. The lowest BCUT2D eigenvalue weighted by molar-refractivity contribution is -0.145. The van der Waals surface area contributed by atoms with Gasteiger partial charge >= 0.3 is 5.97 Å². The maximum absolute atomic E-state index is 11.8. The van der Waals surface area contributed by atoms with Crippen LogP contribution >= 0.6 is 0 Å². The average Bonchev–Trinajstić information content (AvgIpc) is 3.12. The van der Waals surface area contributed by atoms with Crippen LogP contribution in [0.3, 0.4) is 0 Å². The van der Waals surface area contributed by atoms with Crippen LogP contribution in [0.1, 0.15) is 26.7 Å². The van der Waals surface area contributed by atoms with E-state index >= 15 is 0 Å². The van der Waals surface area contributed by atoms with Crippen LogP contribution in [-0.4, -0.2) is 62.8 Å². The number of esters is 1. The minimum atomic E-state index is -0.125. The van der Waals surface area contributed by atoms with Gasteiger partial charge in [0.2, 0.25) is 0 Å². The second kappa shape index (κ2) is 7.64. The third kappa shape index (κ3) is 4.09. The Kier molecular flexibility index (Phi) is 5.85. The Morgan fingerprint density at radius 1 is 1.48 bits per heavy atom. The molecule has 0 saturated carbocycles. The minimum absolute atomic E-state index is 0.0680. The fourth-order valence-electron chi connectivity index (χ4n) is 3.00. The Bertz CT molecular complexity index is 380. The van der Waals surface area contributed by atoms with Crippen molar-refractivity contribution in [3.63, 3.8) is 0 Å². The lowest BCUT2D eigenvalue weighted by Gasteiger charge is -2.22. The topological polar surface area (TPSA) is 63.2 Å². The summed E-state index contributed by atoms with van der Waals surface area (Å²) >= 11 is 0. The van der Waals surface area contributed by atoms with E-state index in [0.29, 0.717) is 13.1 Å². The highest BCUT2D eigenvalue weighted by Gasteiger charge is 2.36.